The van der Waals surface area contributed by atoms with Gasteiger partial charge >= 0.3 is 5.97 Å². The molecule has 1 unspecified atom stereocenters. The van der Waals surface area contributed by atoms with E-state index < -0.39 is 5.60 Å². The Morgan fingerprint density at radius 2 is 1.47 bits per heavy atom. The second kappa shape index (κ2) is 8.22. The van der Waals surface area contributed by atoms with Crippen LogP contribution in [0.15, 0.2) is 103 Å². The first-order valence-corrected chi connectivity index (χ1v) is 13.1. The third kappa shape index (κ3) is 2.83. The highest BCUT2D eigenvalue weighted by atomic mass is 16.6. The quantitative estimate of drug-likeness (QED) is 0.235. The Hall–Kier alpha value is -4.57. The molecule has 0 N–H and O–H groups in total. The van der Waals surface area contributed by atoms with Crippen LogP contribution in [0.1, 0.15) is 45.4 Å². The number of fused-ring (bicyclic) bond motifs is 3. The summed E-state index contributed by atoms with van der Waals surface area (Å²) >= 11 is 0. The number of hydrogen-bond donors (Lipinski definition) is 0. The summed E-state index contributed by atoms with van der Waals surface area (Å²) in [5.41, 5.74) is 9.01. The largest absolute Gasteiger partial charge is 0.439 e. The van der Waals surface area contributed by atoms with Gasteiger partial charge in [-0.25, -0.2) is 4.79 Å². The van der Waals surface area contributed by atoms with Crippen molar-refractivity contribution in [3.8, 4) is 11.1 Å². The molecule has 0 aliphatic carbocycles. The molecule has 0 spiro atoms. The van der Waals surface area contributed by atoms with Gasteiger partial charge in [-0.2, -0.15) is 0 Å². The van der Waals surface area contributed by atoms with E-state index in [9.17, 15) is 4.79 Å². The van der Waals surface area contributed by atoms with Crippen LogP contribution in [0.2, 0.25) is 0 Å². The van der Waals surface area contributed by atoms with Crippen molar-refractivity contribution < 1.29 is 9.53 Å². The SMILES string of the molecule is CCn1c(C)c(C2(c3c(-c4ccccc4)c(C)c4ccccn34)OC(=O)c3ccccc32)c2ccccc21. The van der Waals surface area contributed by atoms with Gasteiger partial charge in [-0.15, -0.1) is 0 Å². The van der Waals surface area contributed by atoms with E-state index in [4.69, 9.17) is 4.74 Å². The van der Waals surface area contributed by atoms with Crippen LogP contribution >= 0.6 is 0 Å². The maximum atomic E-state index is 13.7. The van der Waals surface area contributed by atoms with E-state index in [0.29, 0.717) is 5.56 Å². The van der Waals surface area contributed by atoms with Crippen LogP contribution in [0, 0.1) is 13.8 Å². The van der Waals surface area contributed by atoms with Crippen molar-refractivity contribution in [3.05, 3.63) is 137 Å². The lowest BCUT2D eigenvalue weighted by atomic mass is 9.78. The number of ether oxygens (including phenoxy) is 1. The summed E-state index contributed by atoms with van der Waals surface area (Å²) < 4.78 is 11.3. The minimum absolute atomic E-state index is 0.295. The number of rotatable bonds is 4. The highest BCUT2D eigenvalue weighted by Crippen LogP contribution is 2.54. The number of benzene rings is 3. The lowest BCUT2D eigenvalue weighted by molar-refractivity contribution is 0.0240. The molecule has 1 aliphatic heterocycles. The molecule has 1 atom stereocenters. The average molecular weight is 497 g/mol. The third-order valence-corrected chi connectivity index (χ3v) is 8.16. The van der Waals surface area contributed by atoms with Gasteiger partial charge in [-0.1, -0.05) is 72.8 Å². The predicted octanol–water partition coefficient (Wildman–Crippen LogP) is 7.66. The summed E-state index contributed by atoms with van der Waals surface area (Å²) in [6.07, 6.45) is 2.09. The van der Waals surface area contributed by atoms with Crippen LogP contribution in [-0.4, -0.2) is 14.9 Å². The number of esters is 1. The van der Waals surface area contributed by atoms with Crippen molar-refractivity contribution in [2.45, 2.75) is 32.9 Å². The minimum Gasteiger partial charge on any atom is -0.439 e. The number of aromatic nitrogens is 2. The molecule has 4 heterocycles. The number of carbonyl (C=O) groups is 1. The molecule has 4 heteroatoms. The monoisotopic (exact) mass is 496 g/mol. The average Bonchev–Trinajstić information content (AvgIpc) is 3.54. The van der Waals surface area contributed by atoms with Gasteiger partial charge in [-0.05, 0) is 56.2 Å². The van der Waals surface area contributed by atoms with Gasteiger partial charge in [0.1, 0.15) is 0 Å². The molecule has 1 aliphatic rings. The van der Waals surface area contributed by atoms with Gasteiger partial charge < -0.3 is 13.7 Å². The first-order chi connectivity index (χ1) is 18.6. The molecule has 6 aromatic rings. The Labute approximate surface area is 221 Å². The lowest BCUT2D eigenvalue weighted by Gasteiger charge is -2.32. The topological polar surface area (TPSA) is 35.6 Å². The molecule has 0 amide bonds. The van der Waals surface area contributed by atoms with Gasteiger partial charge in [-0.3, -0.25) is 0 Å². The fourth-order valence-corrected chi connectivity index (χ4v) is 6.65. The number of hydrogen-bond acceptors (Lipinski definition) is 2. The van der Waals surface area contributed by atoms with E-state index in [1.807, 2.05) is 30.3 Å². The first-order valence-electron chi connectivity index (χ1n) is 13.1. The van der Waals surface area contributed by atoms with Gasteiger partial charge in [0.2, 0.25) is 5.60 Å². The second-order valence-corrected chi connectivity index (χ2v) is 10.0. The molecule has 0 fully saturated rings. The molecular weight excluding hydrogens is 468 g/mol. The van der Waals surface area contributed by atoms with E-state index in [2.05, 4.69) is 103 Å². The number of cyclic esters (lactones) is 1. The van der Waals surface area contributed by atoms with Gasteiger partial charge in [0, 0.05) is 51.5 Å². The molecule has 0 saturated heterocycles. The molecule has 3 aromatic carbocycles. The van der Waals surface area contributed by atoms with Crippen LogP contribution < -0.4 is 0 Å². The minimum atomic E-state index is -1.14. The molecule has 38 heavy (non-hydrogen) atoms. The molecule has 0 bridgehead atoms. The molecule has 0 saturated carbocycles. The predicted molar refractivity (Wildman–Crippen MR) is 152 cm³/mol. The number of pyridine rings is 1. The Balaban J connectivity index is 1.74. The number of para-hydroxylation sites is 1. The van der Waals surface area contributed by atoms with Crippen molar-refractivity contribution in [2.75, 3.05) is 0 Å². The van der Waals surface area contributed by atoms with Crippen molar-refractivity contribution in [1.29, 1.82) is 0 Å². The van der Waals surface area contributed by atoms with Gasteiger partial charge in [0.25, 0.3) is 0 Å². The highest BCUT2D eigenvalue weighted by molar-refractivity contribution is 6.00. The van der Waals surface area contributed by atoms with Crippen LogP contribution in [0.5, 0.6) is 0 Å². The van der Waals surface area contributed by atoms with E-state index in [1.165, 1.54) is 0 Å². The zero-order valence-electron chi connectivity index (χ0n) is 21.7. The molecule has 3 aromatic heterocycles. The summed E-state index contributed by atoms with van der Waals surface area (Å²) in [7, 11) is 0. The molecule has 0 radical (unpaired) electrons. The number of aryl methyl sites for hydroxylation is 2. The summed E-state index contributed by atoms with van der Waals surface area (Å²) in [6.45, 7) is 7.30. The Morgan fingerprint density at radius 3 is 2.29 bits per heavy atom. The third-order valence-electron chi connectivity index (χ3n) is 8.16. The van der Waals surface area contributed by atoms with Crippen molar-refractivity contribution >= 4 is 22.4 Å². The zero-order chi connectivity index (χ0) is 26.0. The van der Waals surface area contributed by atoms with Crippen LogP contribution in [-0.2, 0) is 16.9 Å². The summed E-state index contributed by atoms with van der Waals surface area (Å²) in [5.74, 6) is -0.295. The normalized spacial score (nSPS) is 16.8. The van der Waals surface area contributed by atoms with Crippen LogP contribution in [0.25, 0.3) is 27.5 Å². The Bertz CT molecular complexity index is 1880. The van der Waals surface area contributed by atoms with E-state index in [0.717, 1.165) is 62.2 Å². The van der Waals surface area contributed by atoms with E-state index >= 15 is 0 Å². The summed E-state index contributed by atoms with van der Waals surface area (Å²) in [5, 5.41) is 1.10. The fourth-order valence-electron chi connectivity index (χ4n) is 6.65. The lowest BCUT2D eigenvalue weighted by Crippen LogP contribution is -2.32. The van der Waals surface area contributed by atoms with Gasteiger partial charge in [0.05, 0.1) is 11.3 Å². The standard InChI is InChI=1S/C34H28N2O2/c1-4-35-23(3)31(26-17-9-11-20-29(26)35)34(27-18-10-8-16-25(27)33(37)38-34)32-30(24-14-6-5-7-15-24)22(2)28-19-12-13-21-36(28)32/h5-21H,4H2,1-3H3. The number of carbonyl (C=O) groups excluding carboxylic acids is 1. The van der Waals surface area contributed by atoms with Crippen molar-refractivity contribution in [3.63, 3.8) is 0 Å². The first kappa shape index (κ1) is 22.6. The Morgan fingerprint density at radius 1 is 0.789 bits per heavy atom. The molecular formula is C34H28N2O2. The summed E-state index contributed by atoms with van der Waals surface area (Å²) in [6, 6.07) is 33.0. The molecule has 186 valence electrons. The smallest absolute Gasteiger partial charge is 0.340 e. The second-order valence-electron chi connectivity index (χ2n) is 10.0. The van der Waals surface area contributed by atoms with Crippen LogP contribution in [0.3, 0.4) is 0 Å². The Kier molecular flexibility index (Phi) is 4.89. The van der Waals surface area contributed by atoms with E-state index in [-0.39, 0.29) is 5.97 Å². The fraction of sp³-hybridized carbons (Fsp3) is 0.147. The highest BCUT2D eigenvalue weighted by Gasteiger charge is 2.54. The molecule has 4 nitrogen and oxygen atoms in total. The zero-order valence-corrected chi connectivity index (χ0v) is 21.7. The summed E-state index contributed by atoms with van der Waals surface area (Å²) in [4.78, 5) is 13.7. The van der Waals surface area contributed by atoms with Crippen molar-refractivity contribution in [1.82, 2.24) is 8.97 Å². The maximum absolute atomic E-state index is 13.7. The number of nitrogens with zero attached hydrogens (tertiary/aromatic N) is 2. The van der Waals surface area contributed by atoms with Crippen molar-refractivity contribution in [2.24, 2.45) is 0 Å². The van der Waals surface area contributed by atoms with E-state index in [1.54, 1.807) is 0 Å². The van der Waals surface area contributed by atoms with Gasteiger partial charge in [0.15, 0.2) is 0 Å². The molecule has 7 rings (SSSR count). The van der Waals surface area contributed by atoms with Crippen LogP contribution in [0.4, 0.5) is 0 Å². The maximum Gasteiger partial charge on any atom is 0.340 e.